The second kappa shape index (κ2) is 9.71. The lowest BCUT2D eigenvalue weighted by atomic mass is 10.1. The number of nitrogens with zero attached hydrogens (tertiary/aromatic N) is 2. The molecular weight excluding hydrogens is 436 g/mol. The summed E-state index contributed by atoms with van der Waals surface area (Å²) in [6.45, 7) is 1.76. The zero-order valence-electron chi connectivity index (χ0n) is 17.3. The number of esters is 1. The van der Waals surface area contributed by atoms with E-state index in [0.717, 1.165) is 5.56 Å². The number of sulfonamides is 1. The van der Waals surface area contributed by atoms with E-state index in [0.29, 0.717) is 17.2 Å². The fourth-order valence-electron chi connectivity index (χ4n) is 3.04. The quantitative estimate of drug-likeness (QED) is 0.469. The first-order valence-electron chi connectivity index (χ1n) is 9.76. The van der Waals surface area contributed by atoms with Gasteiger partial charge in [0.1, 0.15) is 0 Å². The van der Waals surface area contributed by atoms with E-state index < -0.39 is 28.5 Å². The van der Waals surface area contributed by atoms with Gasteiger partial charge in [-0.1, -0.05) is 30.3 Å². The number of carbonyl (C=O) groups excluding carboxylic acids is 2. The number of amides is 1. The standard InChI is InChI=1S/C21H22N4O6S/c1-2-25-20(27)17-6-4-3-5-16(17)19(24-25)21(28)31-13-18(26)23-12-11-14-7-9-15(10-8-14)32(22,29)30/h3-10H,2,11-13H2,1H3,(H,23,26)(H2,22,29,30). The molecule has 0 aliphatic heterocycles. The SMILES string of the molecule is CCn1nc(C(=O)OCC(=O)NCCc2ccc(S(N)(=O)=O)cc2)c2ccccc2c1=O. The van der Waals surface area contributed by atoms with E-state index in [2.05, 4.69) is 10.4 Å². The summed E-state index contributed by atoms with van der Waals surface area (Å²) < 4.78 is 28.8. The Morgan fingerprint density at radius 3 is 2.38 bits per heavy atom. The van der Waals surface area contributed by atoms with Crippen LogP contribution in [0.25, 0.3) is 10.8 Å². The molecule has 2 aromatic carbocycles. The number of aromatic nitrogens is 2. The normalized spacial score (nSPS) is 11.3. The second-order valence-corrected chi connectivity index (χ2v) is 8.44. The summed E-state index contributed by atoms with van der Waals surface area (Å²) >= 11 is 0. The average Bonchev–Trinajstić information content (AvgIpc) is 2.77. The van der Waals surface area contributed by atoms with Gasteiger partial charge in [0.2, 0.25) is 10.0 Å². The molecule has 1 amide bonds. The molecular formula is C21H22N4O6S. The lowest BCUT2D eigenvalue weighted by Crippen LogP contribution is -2.31. The third-order valence-corrected chi connectivity index (χ3v) is 5.61. The summed E-state index contributed by atoms with van der Waals surface area (Å²) in [7, 11) is -3.75. The number of primary sulfonamides is 1. The minimum absolute atomic E-state index is 0.00716. The van der Waals surface area contributed by atoms with Gasteiger partial charge in [-0.3, -0.25) is 9.59 Å². The topological polar surface area (TPSA) is 150 Å². The van der Waals surface area contributed by atoms with Gasteiger partial charge in [0.15, 0.2) is 12.3 Å². The third kappa shape index (κ3) is 5.37. The minimum Gasteiger partial charge on any atom is -0.451 e. The summed E-state index contributed by atoms with van der Waals surface area (Å²) in [6.07, 6.45) is 0.443. The van der Waals surface area contributed by atoms with Crippen molar-refractivity contribution in [1.82, 2.24) is 15.1 Å². The van der Waals surface area contributed by atoms with Crippen molar-refractivity contribution >= 4 is 32.7 Å². The summed E-state index contributed by atoms with van der Waals surface area (Å²) in [5.41, 5.74) is 0.450. The molecule has 0 aliphatic carbocycles. The zero-order valence-corrected chi connectivity index (χ0v) is 18.1. The van der Waals surface area contributed by atoms with Crippen molar-refractivity contribution in [3.8, 4) is 0 Å². The highest BCUT2D eigenvalue weighted by molar-refractivity contribution is 7.89. The second-order valence-electron chi connectivity index (χ2n) is 6.88. The fraction of sp³-hybridized carbons (Fsp3) is 0.238. The van der Waals surface area contributed by atoms with E-state index in [-0.39, 0.29) is 29.2 Å². The first kappa shape index (κ1) is 23.1. The van der Waals surface area contributed by atoms with Crippen molar-refractivity contribution in [1.29, 1.82) is 0 Å². The van der Waals surface area contributed by atoms with Gasteiger partial charge >= 0.3 is 5.97 Å². The first-order chi connectivity index (χ1) is 15.2. The van der Waals surface area contributed by atoms with Gasteiger partial charge in [-0.2, -0.15) is 5.10 Å². The van der Waals surface area contributed by atoms with Crippen LogP contribution in [0.1, 0.15) is 23.0 Å². The molecule has 0 saturated carbocycles. The first-order valence-corrected chi connectivity index (χ1v) is 11.3. The highest BCUT2D eigenvalue weighted by Crippen LogP contribution is 2.14. The number of nitrogens with one attached hydrogen (secondary N) is 1. The summed E-state index contributed by atoms with van der Waals surface area (Å²) in [4.78, 5) is 36.9. The molecule has 1 aromatic heterocycles. The van der Waals surface area contributed by atoms with Crippen LogP contribution in [0.3, 0.4) is 0 Å². The highest BCUT2D eigenvalue weighted by atomic mass is 32.2. The fourth-order valence-corrected chi connectivity index (χ4v) is 3.56. The van der Waals surface area contributed by atoms with Gasteiger partial charge in [-0.05, 0) is 37.1 Å². The number of aryl methyl sites for hydroxylation is 1. The number of hydrogen-bond acceptors (Lipinski definition) is 7. The smallest absolute Gasteiger partial charge is 0.359 e. The Morgan fingerprint density at radius 1 is 1.09 bits per heavy atom. The van der Waals surface area contributed by atoms with Crippen molar-refractivity contribution in [2.24, 2.45) is 5.14 Å². The molecule has 0 radical (unpaired) electrons. The number of rotatable bonds is 8. The van der Waals surface area contributed by atoms with Gasteiger partial charge in [0.05, 0.1) is 10.3 Å². The Kier molecular flexibility index (Phi) is 7.01. The summed E-state index contributed by atoms with van der Waals surface area (Å²) in [5.74, 6) is -1.32. The number of hydrogen-bond donors (Lipinski definition) is 2. The maximum atomic E-state index is 12.5. The molecule has 0 spiro atoms. The number of benzene rings is 2. The van der Waals surface area contributed by atoms with Gasteiger partial charge in [-0.25, -0.2) is 23.0 Å². The van der Waals surface area contributed by atoms with Crippen molar-refractivity contribution in [2.45, 2.75) is 24.8 Å². The Bertz CT molecular complexity index is 1320. The van der Waals surface area contributed by atoms with E-state index in [1.165, 1.54) is 16.8 Å². The van der Waals surface area contributed by atoms with Crippen LogP contribution >= 0.6 is 0 Å². The molecule has 3 aromatic rings. The summed E-state index contributed by atoms with van der Waals surface area (Å²) in [6, 6.07) is 12.6. The lowest BCUT2D eigenvalue weighted by molar-refractivity contribution is -0.124. The molecule has 0 atom stereocenters. The van der Waals surface area contributed by atoms with Crippen molar-refractivity contribution < 1.29 is 22.7 Å². The molecule has 0 bridgehead atoms. The molecule has 32 heavy (non-hydrogen) atoms. The Hall–Kier alpha value is -3.57. The van der Waals surface area contributed by atoms with Crippen LogP contribution in [-0.2, 0) is 32.5 Å². The third-order valence-electron chi connectivity index (χ3n) is 4.68. The Balaban J connectivity index is 1.57. The molecule has 11 heteroatoms. The van der Waals surface area contributed by atoms with Gasteiger partial charge in [0, 0.05) is 18.5 Å². The lowest BCUT2D eigenvalue weighted by Gasteiger charge is -2.10. The van der Waals surface area contributed by atoms with Crippen LogP contribution in [-0.4, -0.2) is 43.2 Å². The number of fused-ring (bicyclic) bond motifs is 1. The van der Waals surface area contributed by atoms with Crippen LogP contribution in [0.2, 0.25) is 0 Å². The molecule has 0 unspecified atom stereocenters. The van der Waals surface area contributed by atoms with Crippen LogP contribution in [0.4, 0.5) is 0 Å². The van der Waals surface area contributed by atoms with Crippen molar-refractivity contribution in [3.63, 3.8) is 0 Å². The molecule has 0 saturated heterocycles. The monoisotopic (exact) mass is 458 g/mol. The van der Waals surface area contributed by atoms with Crippen LogP contribution < -0.4 is 16.0 Å². The molecule has 0 aliphatic rings. The Labute approximate surface area is 184 Å². The maximum absolute atomic E-state index is 12.5. The van der Waals surface area contributed by atoms with Crippen molar-refractivity contribution in [2.75, 3.05) is 13.2 Å². The van der Waals surface area contributed by atoms with E-state index in [1.54, 1.807) is 43.3 Å². The predicted molar refractivity (Wildman–Crippen MR) is 116 cm³/mol. The number of nitrogens with two attached hydrogens (primary N) is 1. The Morgan fingerprint density at radius 2 is 1.75 bits per heavy atom. The molecule has 168 valence electrons. The van der Waals surface area contributed by atoms with E-state index in [1.807, 2.05) is 0 Å². The largest absolute Gasteiger partial charge is 0.451 e. The van der Waals surface area contributed by atoms with E-state index in [9.17, 15) is 22.8 Å². The van der Waals surface area contributed by atoms with E-state index >= 15 is 0 Å². The van der Waals surface area contributed by atoms with Crippen LogP contribution in [0.5, 0.6) is 0 Å². The summed E-state index contributed by atoms with van der Waals surface area (Å²) in [5, 5.41) is 12.4. The number of carbonyl (C=O) groups is 2. The molecule has 10 nitrogen and oxygen atoms in total. The van der Waals surface area contributed by atoms with Gasteiger partial charge in [0.25, 0.3) is 11.5 Å². The maximum Gasteiger partial charge on any atom is 0.359 e. The minimum atomic E-state index is -3.75. The number of ether oxygens (including phenoxy) is 1. The van der Waals surface area contributed by atoms with E-state index in [4.69, 9.17) is 9.88 Å². The van der Waals surface area contributed by atoms with Crippen molar-refractivity contribution in [3.05, 3.63) is 70.1 Å². The molecule has 3 rings (SSSR count). The van der Waals surface area contributed by atoms with Gasteiger partial charge < -0.3 is 10.1 Å². The van der Waals surface area contributed by atoms with Crippen LogP contribution in [0.15, 0.2) is 58.2 Å². The average molecular weight is 458 g/mol. The molecule has 0 fully saturated rings. The molecule has 1 heterocycles. The van der Waals surface area contributed by atoms with Crippen LogP contribution in [0, 0.1) is 0 Å². The highest BCUT2D eigenvalue weighted by Gasteiger charge is 2.18. The zero-order chi connectivity index (χ0) is 23.3. The molecule has 3 N–H and O–H groups in total. The predicted octanol–water partition coefficient (Wildman–Crippen LogP) is 0.580. The van der Waals surface area contributed by atoms with Gasteiger partial charge in [-0.15, -0.1) is 0 Å².